The van der Waals surface area contributed by atoms with E-state index in [1.54, 1.807) is 0 Å². The second-order valence-electron chi connectivity index (χ2n) is 12.8. The van der Waals surface area contributed by atoms with Crippen LogP contribution in [0.3, 0.4) is 0 Å². The molecule has 0 aromatic carbocycles. The first kappa shape index (κ1) is 45.5. The molecule has 0 bridgehead atoms. The highest BCUT2D eigenvalue weighted by Crippen LogP contribution is 2.43. The molecule has 47 heavy (non-hydrogen) atoms. The molecule has 1 amide bonds. The van der Waals surface area contributed by atoms with E-state index in [4.69, 9.17) is 9.26 Å². The molecule has 12 heteroatoms. The summed E-state index contributed by atoms with van der Waals surface area (Å²) in [7, 11) is -4.72. The van der Waals surface area contributed by atoms with E-state index in [0.717, 1.165) is 25.7 Å². The van der Waals surface area contributed by atoms with Gasteiger partial charge in [0.2, 0.25) is 5.91 Å². The predicted molar refractivity (Wildman–Crippen MR) is 185 cm³/mol. The number of hydrogen-bond donors (Lipinski definition) is 4. The molecule has 0 aliphatic rings. The lowest BCUT2D eigenvalue weighted by Gasteiger charge is -2.18. The standard InChI is InChI=1S/C35H68NO10P/c1-3-5-7-8-9-10-11-12-13-14-15-16-17-18-19-20-21-22-23-24-25-26-33(38)36-32(35(40)41)30-46-47(42,43)45-29-31(37)28-44-34(39)27-6-4-2/h31-32,37H,3-30H2,1-2H3,(H,36,38)(H,40,41)(H,42,43). The quantitative estimate of drug-likeness (QED) is 0.0287. The number of carboxylic acids is 1. The van der Waals surface area contributed by atoms with Gasteiger partial charge in [0.05, 0.1) is 13.2 Å². The molecule has 0 radical (unpaired) electrons. The van der Waals surface area contributed by atoms with Gasteiger partial charge in [0.15, 0.2) is 6.04 Å². The molecule has 0 rings (SSSR count). The van der Waals surface area contributed by atoms with E-state index < -0.39 is 57.6 Å². The van der Waals surface area contributed by atoms with Crippen molar-refractivity contribution in [3.8, 4) is 0 Å². The van der Waals surface area contributed by atoms with Crippen LogP contribution in [0.25, 0.3) is 0 Å². The average molecular weight is 694 g/mol. The number of aliphatic hydroxyl groups excluding tert-OH is 1. The summed E-state index contributed by atoms with van der Waals surface area (Å²) >= 11 is 0. The number of hydrogen-bond acceptors (Lipinski definition) is 8. The molecule has 0 fully saturated rings. The molecule has 0 saturated heterocycles. The molecule has 4 N–H and O–H groups in total. The number of aliphatic hydroxyl groups is 1. The monoisotopic (exact) mass is 693 g/mol. The number of esters is 1. The van der Waals surface area contributed by atoms with Crippen LogP contribution in [-0.4, -0.2) is 64.9 Å². The summed E-state index contributed by atoms with van der Waals surface area (Å²) in [6.45, 7) is 2.30. The molecule has 11 nitrogen and oxygen atoms in total. The Bertz CT molecular complexity index is 828. The van der Waals surface area contributed by atoms with Crippen LogP contribution >= 0.6 is 7.82 Å². The van der Waals surface area contributed by atoms with Gasteiger partial charge in [0.25, 0.3) is 0 Å². The van der Waals surface area contributed by atoms with Gasteiger partial charge in [-0.1, -0.05) is 149 Å². The third kappa shape index (κ3) is 31.5. The Kier molecular flexibility index (Phi) is 30.7. The van der Waals surface area contributed by atoms with E-state index >= 15 is 0 Å². The highest BCUT2D eigenvalue weighted by molar-refractivity contribution is 7.47. The lowest BCUT2D eigenvalue weighted by molar-refractivity contribution is -0.147. The van der Waals surface area contributed by atoms with Gasteiger partial charge in [-0.15, -0.1) is 0 Å². The SMILES string of the molecule is CCCCCCCCCCCCCCCCCCCCCCCC(=O)NC(COP(=O)(O)OCC(O)COC(=O)CCCC)C(=O)O. The van der Waals surface area contributed by atoms with Gasteiger partial charge in [-0.05, 0) is 12.8 Å². The first-order chi connectivity index (χ1) is 22.6. The minimum Gasteiger partial charge on any atom is -0.480 e. The largest absolute Gasteiger partial charge is 0.480 e. The Morgan fingerprint density at radius 2 is 1.00 bits per heavy atom. The van der Waals surface area contributed by atoms with Gasteiger partial charge in [-0.2, -0.15) is 0 Å². The van der Waals surface area contributed by atoms with Crippen molar-refractivity contribution in [2.24, 2.45) is 0 Å². The molecular formula is C35H68NO10P. The van der Waals surface area contributed by atoms with E-state index in [0.29, 0.717) is 12.8 Å². The van der Waals surface area contributed by atoms with Crippen LogP contribution in [0.15, 0.2) is 0 Å². The van der Waals surface area contributed by atoms with Gasteiger partial charge < -0.3 is 25.2 Å². The van der Waals surface area contributed by atoms with Gasteiger partial charge >= 0.3 is 19.8 Å². The van der Waals surface area contributed by atoms with E-state index in [9.17, 15) is 34.1 Å². The summed E-state index contributed by atoms with van der Waals surface area (Å²) in [6, 6.07) is -1.54. The lowest BCUT2D eigenvalue weighted by Crippen LogP contribution is -2.43. The number of amides is 1. The van der Waals surface area contributed by atoms with Crippen LogP contribution < -0.4 is 5.32 Å². The highest BCUT2D eigenvalue weighted by atomic mass is 31.2. The molecule has 3 atom stereocenters. The fourth-order valence-corrected chi connectivity index (χ4v) is 5.95. The Morgan fingerprint density at radius 3 is 1.43 bits per heavy atom. The topological polar surface area (TPSA) is 169 Å². The number of rotatable bonds is 35. The molecule has 278 valence electrons. The van der Waals surface area contributed by atoms with E-state index in [2.05, 4.69) is 16.8 Å². The fraction of sp³-hybridized carbons (Fsp3) is 0.914. The van der Waals surface area contributed by atoms with Crippen molar-refractivity contribution in [1.29, 1.82) is 0 Å². The smallest absolute Gasteiger partial charge is 0.472 e. The van der Waals surface area contributed by atoms with Crippen LogP contribution in [0, 0.1) is 0 Å². The summed E-state index contributed by atoms with van der Waals surface area (Å²) in [5.41, 5.74) is 0. The second kappa shape index (κ2) is 31.7. The number of carboxylic acid groups (broad SMARTS) is 1. The van der Waals surface area contributed by atoms with Crippen molar-refractivity contribution in [2.75, 3.05) is 19.8 Å². The van der Waals surface area contributed by atoms with Crippen molar-refractivity contribution in [2.45, 2.75) is 187 Å². The number of phosphoric acid groups is 1. The van der Waals surface area contributed by atoms with Gasteiger partial charge in [0.1, 0.15) is 12.7 Å². The molecule has 0 aromatic rings. The number of aliphatic carboxylic acids is 1. The van der Waals surface area contributed by atoms with E-state index in [1.807, 2.05) is 6.92 Å². The molecule has 0 aliphatic carbocycles. The Labute approximate surface area is 284 Å². The zero-order valence-electron chi connectivity index (χ0n) is 29.6. The first-order valence-corrected chi connectivity index (χ1v) is 20.1. The Hall–Kier alpha value is -1.52. The molecule has 0 heterocycles. The van der Waals surface area contributed by atoms with Crippen LogP contribution in [-0.2, 0) is 32.7 Å². The van der Waals surface area contributed by atoms with Crippen molar-refractivity contribution >= 4 is 25.7 Å². The molecule has 0 aliphatic heterocycles. The van der Waals surface area contributed by atoms with Crippen LogP contribution in [0.2, 0.25) is 0 Å². The second-order valence-corrected chi connectivity index (χ2v) is 14.2. The Morgan fingerprint density at radius 1 is 0.596 bits per heavy atom. The number of ether oxygens (including phenoxy) is 1. The summed E-state index contributed by atoms with van der Waals surface area (Å²) in [6.07, 6.45) is 27.1. The van der Waals surface area contributed by atoms with Gasteiger partial charge in [0, 0.05) is 12.8 Å². The summed E-state index contributed by atoms with van der Waals surface area (Å²) < 4.78 is 26.3. The zero-order chi connectivity index (χ0) is 35.0. The van der Waals surface area contributed by atoms with E-state index in [1.165, 1.54) is 109 Å². The maximum absolute atomic E-state index is 12.2. The zero-order valence-corrected chi connectivity index (χ0v) is 30.5. The number of carbonyl (C=O) groups excluding carboxylic acids is 2. The minimum atomic E-state index is -4.72. The number of unbranched alkanes of at least 4 members (excludes halogenated alkanes) is 21. The van der Waals surface area contributed by atoms with E-state index in [-0.39, 0.29) is 12.8 Å². The Balaban J connectivity index is 3.77. The molecule has 3 unspecified atom stereocenters. The van der Waals surface area contributed by atoms with Crippen molar-refractivity contribution in [1.82, 2.24) is 5.32 Å². The van der Waals surface area contributed by atoms with Crippen molar-refractivity contribution in [3.63, 3.8) is 0 Å². The maximum Gasteiger partial charge on any atom is 0.472 e. The number of carbonyl (C=O) groups is 3. The predicted octanol–water partition coefficient (Wildman–Crippen LogP) is 8.39. The minimum absolute atomic E-state index is 0.152. The number of phosphoric ester groups is 1. The van der Waals surface area contributed by atoms with Crippen LogP contribution in [0.1, 0.15) is 174 Å². The lowest BCUT2D eigenvalue weighted by atomic mass is 10.0. The van der Waals surface area contributed by atoms with Crippen LogP contribution in [0.4, 0.5) is 0 Å². The van der Waals surface area contributed by atoms with Crippen molar-refractivity contribution in [3.05, 3.63) is 0 Å². The maximum atomic E-state index is 12.2. The highest BCUT2D eigenvalue weighted by Gasteiger charge is 2.28. The fourth-order valence-electron chi connectivity index (χ4n) is 5.18. The van der Waals surface area contributed by atoms with Gasteiger partial charge in [-0.25, -0.2) is 9.36 Å². The van der Waals surface area contributed by atoms with Gasteiger partial charge in [-0.3, -0.25) is 18.6 Å². The molecule has 0 saturated carbocycles. The molecular weight excluding hydrogens is 625 g/mol. The third-order valence-corrected chi connectivity index (χ3v) is 9.10. The van der Waals surface area contributed by atoms with Crippen LogP contribution in [0.5, 0.6) is 0 Å². The summed E-state index contributed by atoms with van der Waals surface area (Å²) in [5.74, 6) is -2.40. The normalized spacial score (nSPS) is 14.0. The average Bonchev–Trinajstić information content (AvgIpc) is 3.04. The summed E-state index contributed by atoms with van der Waals surface area (Å²) in [5, 5.41) is 21.5. The molecule has 0 aromatic heterocycles. The van der Waals surface area contributed by atoms with Crippen molar-refractivity contribution < 1.29 is 47.8 Å². The first-order valence-electron chi connectivity index (χ1n) is 18.6. The molecule has 0 spiro atoms. The summed E-state index contributed by atoms with van der Waals surface area (Å²) in [4.78, 5) is 45.0. The number of nitrogens with one attached hydrogen (secondary N) is 1. The third-order valence-electron chi connectivity index (χ3n) is 8.15.